The minimum absolute atomic E-state index is 0.00883. The van der Waals surface area contributed by atoms with Gasteiger partial charge in [-0.1, -0.05) is 0 Å². The SMILES string of the molecule is CCOC(=O)c1noc(/C=C/c2ccc([N+](=O)[O-])cc2)n1. The van der Waals surface area contributed by atoms with Crippen LogP contribution in [0.25, 0.3) is 12.2 Å². The van der Waals surface area contributed by atoms with Gasteiger partial charge in [-0.05, 0) is 35.9 Å². The van der Waals surface area contributed by atoms with Crippen LogP contribution in [-0.4, -0.2) is 27.6 Å². The Morgan fingerprint density at radius 2 is 2.10 bits per heavy atom. The average Bonchev–Trinajstić information content (AvgIpc) is 2.95. The molecule has 0 aliphatic rings. The summed E-state index contributed by atoms with van der Waals surface area (Å²) in [5, 5.41) is 14.0. The molecule has 0 radical (unpaired) electrons. The van der Waals surface area contributed by atoms with Crippen LogP contribution in [-0.2, 0) is 4.74 Å². The molecule has 0 saturated carbocycles. The van der Waals surface area contributed by atoms with Crippen molar-refractivity contribution in [2.75, 3.05) is 6.61 Å². The zero-order valence-corrected chi connectivity index (χ0v) is 11.1. The van der Waals surface area contributed by atoms with Gasteiger partial charge in [-0.2, -0.15) is 4.98 Å². The third kappa shape index (κ3) is 3.72. The Hall–Kier alpha value is -3.03. The topological polar surface area (TPSA) is 108 Å². The summed E-state index contributed by atoms with van der Waals surface area (Å²) >= 11 is 0. The molecule has 0 fully saturated rings. The number of non-ortho nitro benzene ring substituents is 1. The second kappa shape index (κ2) is 6.42. The van der Waals surface area contributed by atoms with E-state index in [0.29, 0.717) is 0 Å². The number of nitrogens with zero attached hydrogens (tertiary/aromatic N) is 3. The molecule has 0 spiro atoms. The lowest BCUT2D eigenvalue weighted by Gasteiger charge is -1.93. The Labute approximate surface area is 119 Å². The zero-order valence-electron chi connectivity index (χ0n) is 11.1. The van der Waals surface area contributed by atoms with Crippen LogP contribution in [0.2, 0.25) is 0 Å². The van der Waals surface area contributed by atoms with Gasteiger partial charge in [0.15, 0.2) is 0 Å². The summed E-state index contributed by atoms with van der Waals surface area (Å²) in [7, 11) is 0. The molecule has 0 saturated heterocycles. The predicted molar refractivity (Wildman–Crippen MR) is 72.3 cm³/mol. The summed E-state index contributed by atoms with van der Waals surface area (Å²) in [5.74, 6) is -0.673. The highest BCUT2D eigenvalue weighted by atomic mass is 16.6. The second-order valence-corrected chi connectivity index (χ2v) is 3.86. The molecule has 0 aliphatic carbocycles. The second-order valence-electron chi connectivity index (χ2n) is 3.86. The van der Waals surface area contributed by atoms with Crippen LogP contribution in [0.4, 0.5) is 5.69 Å². The summed E-state index contributed by atoms with van der Waals surface area (Å²) < 4.78 is 9.59. The smallest absolute Gasteiger partial charge is 0.379 e. The largest absolute Gasteiger partial charge is 0.460 e. The summed E-state index contributed by atoms with van der Waals surface area (Å²) in [4.78, 5) is 25.2. The van der Waals surface area contributed by atoms with Crippen LogP contribution in [0.5, 0.6) is 0 Å². The molecule has 0 bridgehead atoms. The fourth-order valence-electron chi connectivity index (χ4n) is 1.46. The maximum atomic E-state index is 11.3. The summed E-state index contributed by atoms with van der Waals surface area (Å²) in [6.45, 7) is 1.90. The number of nitro groups is 1. The van der Waals surface area contributed by atoms with Gasteiger partial charge in [0, 0.05) is 18.2 Å². The van der Waals surface area contributed by atoms with Crippen LogP contribution in [0.3, 0.4) is 0 Å². The Morgan fingerprint density at radius 3 is 2.71 bits per heavy atom. The number of aromatic nitrogens is 2. The molecule has 108 valence electrons. The fraction of sp³-hybridized carbons (Fsp3) is 0.154. The zero-order chi connectivity index (χ0) is 15.2. The van der Waals surface area contributed by atoms with Crippen LogP contribution >= 0.6 is 0 Å². The lowest BCUT2D eigenvalue weighted by atomic mass is 10.2. The average molecular weight is 289 g/mol. The molecular formula is C13H11N3O5. The van der Waals surface area contributed by atoms with Crippen molar-refractivity contribution in [1.82, 2.24) is 10.1 Å². The van der Waals surface area contributed by atoms with Crippen LogP contribution in [0.15, 0.2) is 28.8 Å². The molecule has 0 N–H and O–H groups in total. The Bertz CT molecular complexity index is 675. The number of nitro benzene ring substituents is 1. The highest BCUT2D eigenvalue weighted by Crippen LogP contribution is 2.14. The number of carbonyl (C=O) groups is 1. The van der Waals surface area contributed by atoms with Gasteiger partial charge in [0.25, 0.3) is 17.4 Å². The van der Waals surface area contributed by atoms with E-state index in [1.165, 1.54) is 18.2 Å². The quantitative estimate of drug-likeness (QED) is 0.472. The Balaban J connectivity index is 2.07. The number of benzene rings is 1. The summed E-state index contributed by atoms with van der Waals surface area (Å²) in [5.41, 5.74) is 0.728. The van der Waals surface area contributed by atoms with E-state index in [1.807, 2.05) is 0 Å². The Morgan fingerprint density at radius 1 is 1.38 bits per heavy atom. The molecule has 21 heavy (non-hydrogen) atoms. The molecule has 8 heteroatoms. The minimum atomic E-state index is -0.656. The van der Waals surface area contributed by atoms with E-state index in [-0.39, 0.29) is 24.0 Å². The van der Waals surface area contributed by atoms with E-state index in [9.17, 15) is 14.9 Å². The van der Waals surface area contributed by atoms with Crippen molar-refractivity contribution >= 4 is 23.8 Å². The highest BCUT2D eigenvalue weighted by Gasteiger charge is 2.14. The fourth-order valence-corrected chi connectivity index (χ4v) is 1.46. The molecule has 1 aromatic heterocycles. The van der Waals surface area contributed by atoms with Gasteiger partial charge in [-0.15, -0.1) is 0 Å². The maximum Gasteiger partial charge on any atom is 0.379 e. The van der Waals surface area contributed by atoms with Gasteiger partial charge >= 0.3 is 5.97 Å². The van der Waals surface area contributed by atoms with Crippen molar-refractivity contribution in [3.8, 4) is 0 Å². The molecule has 2 rings (SSSR count). The summed E-state index contributed by atoms with van der Waals surface area (Å²) in [6.07, 6.45) is 3.13. The molecular weight excluding hydrogens is 278 g/mol. The first-order chi connectivity index (χ1) is 10.1. The molecule has 1 heterocycles. The van der Waals surface area contributed by atoms with Crippen molar-refractivity contribution < 1.29 is 19.0 Å². The van der Waals surface area contributed by atoms with E-state index in [4.69, 9.17) is 9.26 Å². The first kappa shape index (κ1) is 14.4. The Kier molecular flexibility index (Phi) is 4.39. The minimum Gasteiger partial charge on any atom is -0.460 e. The molecule has 0 atom stereocenters. The number of hydrogen-bond acceptors (Lipinski definition) is 7. The standard InChI is InChI=1S/C13H11N3O5/c1-2-20-13(17)12-14-11(21-15-12)8-5-9-3-6-10(7-4-9)16(18)19/h3-8H,2H2,1H3/b8-5+. The molecule has 0 amide bonds. The van der Waals surface area contributed by atoms with Crippen LogP contribution < -0.4 is 0 Å². The van der Waals surface area contributed by atoms with Gasteiger partial charge < -0.3 is 9.26 Å². The van der Waals surface area contributed by atoms with Gasteiger partial charge in [0.1, 0.15) is 0 Å². The molecule has 0 unspecified atom stereocenters. The van der Waals surface area contributed by atoms with E-state index in [0.717, 1.165) is 5.56 Å². The van der Waals surface area contributed by atoms with Gasteiger partial charge in [0.05, 0.1) is 11.5 Å². The van der Waals surface area contributed by atoms with Crippen molar-refractivity contribution in [1.29, 1.82) is 0 Å². The number of esters is 1. The van der Waals surface area contributed by atoms with Crippen molar-refractivity contribution in [3.63, 3.8) is 0 Å². The van der Waals surface area contributed by atoms with Crippen LogP contribution in [0.1, 0.15) is 29.0 Å². The molecule has 1 aromatic carbocycles. The van der Waals surface area contributed by atoms with Gasteiger partial charge in [-0.3, -0.25) is 10.1 Å². The predicted octanol–water partition coefficient (Wildman–Crippen LogP) is 2.32. The number of rotatable bonds is 5. The highest BCUT2D eigenvalue weighted by molar-refractivity contribution is 5.85. The van der Waals surface area contributed by atoms with Crippen molar-refractivity contribution in [3.05, 3.63) is 51.7 Å². The van der Waals surface area contributed by atoms with Crippen LogP contribution in [0, 0.1) is 10.1 Å². The lowest BCUT2D eigenvalue weighted by molar-refractivity contribution is -0.384. The number of hydrogen-bond donors (Lipinski definition) is 0. The normalized spacial score (nSPS) is 10.7. The number of carbonyl (C=O) groups excluding carboxylic acids is 1. The van der Waals surface area contributed by atoms with E-state index < -0.39 is 10.9 Å². The molecule has 2 aromatic rings. The van der Waals surface area contributed by atoms with Crippen molar-refractivity contribution in [2.24, 2.45) is 0 Å². The lowest BCUT2D eigenvalue weighted by Crippen LogP contribution is -2.06. The maximum absolute atomic E-state index is 11.3. The molecule has 0 aliphatic heterocycles. The van der Waals surface area contributed by atoms with Gasteiger partial charge in [0.2, 0.25) is 0 Å². The van der Waals surface area contributed by atoms with Gasteiger partial charge in [-0.25, -0.2) is 4.79 Å². The third-order valence-electron chi connectivity index (χ3n) is 2.42. The number of ether oxygens (including phenoxy) is 1. The van der Waals surface area contributed by atoms with E-state index in [2.05, 4.69) is 10.1 Å². The van der Waals surface area contributed by atoms with E-state index in [1.54, 1.807) is 25.1 Å². The first-order valence-electron chi connectivity index (χ1n) is 6.03. The van der Waals surface area contributed by atoms with E-state index >= 15 is 0 Å². The monoisotopic (exact) mass is 289 g/mol. The third-order valence-corrected chi connectivity index (χ3v) is 2.42. The molecule has 8 nitrogen and oxygen atoms in total. The first-order valence-corrected chi connectivity index (χ1v) is 6.03. The van der Waals surface area contributed by atoms with Crippen molar-refractivity contribution in [2.45, 2.75) is 6.92 Å². The summed E-state index contributed by atoms with van der Waals surface area (Å²) in [6, 6.07) is 5.93.